The van der Waals surface area contributed by atoms with Crippen molar-refractivity contribution in [2.45, 2.75) is 96.4 Å². The van der Waals surface area contributed by atoms with Gasteiger partial charge in [0, 0.05) is 68.4 Å². The van der Waals surface area contributed by atoms with Crippen LogP contribution in [0.25, 0.3) is 32.9 Å². The number of aromatic hydroxyl groups is 1. The molecule has 4 aromatic rings. The fraction of sp³-hybridized carbons (Fsp3) is 0.558. The van der Waals surface area contributed by atoms with Crippen LogP contribution < -0.4 is 15.0 Å². The summed E-state index contributed by atoms with van der Waals surface area (Å²) in [4.78, 5) is 18.6. The average molecular weight is 771 g/mol. The van der Waals surface area contributed by atoms with Crippen molar-refractivity contribution in [3.8, 4) is 34.5 Å². The van der Waals surface area contributed by atoms with Gasteiger partial charge in [-0.3, -0.25) is 4.98 Å². The SMILES string of the molecule is CC(C)[Si](C#Cc1c(F)ccc2cc(O)cc(-c3ncc4c(N5CCC[C@@](C)(O)C5)nc(OCC5(CN6CCNCC6)CC5)nc4c3F)c12)(C(C)C)C(C)C. The fourth-order valence-corrected chi connectivity index (χ4v) is 14.5. The lowest BCUT2D eigenvalue weighted by Gasteiger charge is -2.38. The normalized spacial score (nSPS) is 20.4. The van der Waals surface area contributed by atoms with Crippen LogP contribution in [-0.4, -0.2) is 96.2 Å². The summed E-state index contributed by atoms with van der Waals surface area (Å²) in [5.41, 5.74) is 3.97. The first-order chi connectivity index (χ1) is 26.1. The van der Waals surface area contributed by atoms with Crippen LogP contribution in [0.3, 0.4) is 0 Å². The predicted octanol–water partition coefficient (Wildman–Crippen LogP) is 7.81. The number of β-amino-alcohol motifs (C(OH)–C–C–N with tert-alkyl or cyclic N) is 1. The van der Waals surface area contributed by atoms with Crippen LogP contribution >= 0.6 is 0 Å². The molecule has 3 fully saturated rings. The standard InChI is InChI=1S/C43H56F2N6O3Si/c1-27(2)55(28(3)4,29(5)6)20-11-32-35(44)10-9-30-21-31(52)22-33(36(30)32)38-37(45)39-34(23-47-38)40(51-17-8-12-42(7,53)24-51)49-41(48-39)54-26-43(13-14-43)25-50-18-15-46-16-19-50/h9-10,21-23,27-29,46,52-53H,8,12-19,24-26H2,1-7H3/t42-/m1/s1. The van der Waals surface area contributed by atoms with Gasteiger partial charge in [-0.05, 0) is 72.8 Å². The first kappa shape index (κ1) is 39.3. The molecule has 55 heavy (non-hydrogen) atoms. The lowest BCUT2D eigenvalue weighted by molar-refractivity contribution is 0.0447. The van der Waals surface area contributed by atoms with Gasteiger partial charge >= 0.3 is 6.01 Å². The number of piperazine rings is 1. The summed E-state index contributed by atoms with van der Waals surface area (Å²) >= 11 is 0. The van der Waals surface area contributed by atoms with E-state index in [1.165, 1.54) is 18.3 Å². The van der Waals surface area contributed by atoms with Gasteiger partial charge in [0.2, 0.25) is 0 Å². The molecule has 0 amide bonds. The molecule has 12 heteroatoms. The molecule has 2 aliphatic heterocycles. The van der Waals surface area contributed by atoms with E-state index in [1.807, 2.05) is 4.90 Å². The number of hydrogen-bond acceptors (Lipinski definition) is 9. The summed E-state index contributed by atoms with van der Waals surface area (Å²) in [7, 11) is -2.27. The van der Waals surface area contributed by atoms with Crippen molar-refractivity contribution in [3.63, 3.8) is 0 Å². The number of phenolic OH excluding ortho intramolecular Hbond substituents is 1. The van der Waals surface area contributed by atoms with Crippen LogP contribution in [0.4, 0.5) is 14.6 Å². The number of aromatic nitrogens is 3. The van der Waals surface area contributed by atoms with Crippen LogP contribution in [0, 0.1) is 28.5 Å². The molecule has 3 aliphatic rings. The van der Waals surface area contributed by atoms with Crippen molar-refractivity contribution in [3.05, 3.63) is 47.7 Å². The number of rotatable bonds is 10. The molecule has 2 aromatic heterocycles. The van der Waals surface area contributed by atoms with Crippen LogP contribution in [0.1, 0.15) is 79.7 Å². The number of hydrogen-bond donors (Lipinski definition) is 3. The summed E-state index contributed by atoms with van der Waals surface area (Å²) in [6.45, 7) is 21.2. The molecule has 9 nitrogen and oxygen atoms in total. The Kier molecular flexibility index (Phi) is 10.9. The smallest absolute Gasteiger partial charge is 0.319 e. The minimum Gasteiger partial charge on any atom is -0.508 e. The van der Waals surface area contributed by atoms with Gasteiger partial charge in [-0.2, -0.15) is 9.97 Å². The molecule has 7 rings (SSSR count). The molecule has 4 heterocycles. The molecule has 3 N–H and O–H groups in total. The highest BCUT2D eigenvalue weighted by Gasteiger charge is 2.45. The molecule has 1 aliphatic carbocycles. The summed E-state index contributed by atoms with van der Waals surface area (Å²) in [6.07, 6.45) is 4.99. The van der Waals surface area contributed by atoms with E-state index < -0.39 is 25.3 Å². The molecule has 2 aromatic carbocycles. The zero-order valence-corrected chi connectivity index (χ0v) is 34.4. The average Bonchev–Trinajstić information content (AvgIpc) is 3.90. The number of aliphatic hydroxyl groups is 1. The summed E-state index contributed by atoms with van der Waals surface area (Å²) < 4.78 is 39.7. The number of pyridine rings is 1. The third-order valence-electron chi connectivity index (χ3n) is 12.4. The first-order valence-electron chi connectivity index (χ1n) is 20.0. The maximum Gasteiger partial charge on any atom is 0.319 e. The molecule has 1 saturated carbocycles. The third kappa shape index (κ3) is 7.78. The number of nitrogens with one attached hydrogen (secondary N) is 1. The quantitative estimate of drug-likeness (QED) is 0.110. The van der Waals surface area contributed by atoms with Gasteiger partial charge in [-0.25, -0.2) is 8.78 Å². The van der Waals surface area contributed by atoms with E-state index in [4.69, 9.17) is 9.72 Å². The van der Waals surface area contributed by atoms with E-state index in [0.29, 0.717) is 64.7 Å². The lowest BCUT2D eigenvalue weighted by atomic mass is 9.94. The molecule has 0 bridgehead atoms. The molecule has 0 spiro atoms. The van der Waals surface area contributed by atoms with Gasteiger partial charge in [-0.1, -0.05) is 53.5 Å². The van der Waals surface area contributed by atoms with Gasteiger partial charge in [0.05, 0.1) is 23.2 Å². The van der Waals surface area contributed by atoms with E-state index in [-0.39, 0.29) is 39.5 Å². The largest absolute Gasteiger partial charge is 0.508 e. The van der Waals surface area contributed by atoms with Crippen LogP contribution in [0.2, 0.25) is 16.6 Å². The van der Waals surface area contributed by atoms with Crippen molar-refractivity contribution in [1.29, 1.82) is 0 Å². The predicted molar refractivity (Wildman–Crippen MR) is 218 cm³/mol. The number of nitrogens with zero attached hydrogens (tertiary/aromatic N) is 5. The van der Waals surface area contributed by atoms with E-state index in [2.05, 4.69) is 73.2 Å². The van der Waals surface area contributed by atoms with Gasteiger partial charge in [-0.15, -0.1) is 5.54 Å². The second kappa shape index (κ2) is 15.2. The topological polar surface area (TPSA) is 107 Å². The molecule has 294 valence electrons. The Morgan fingerprint density at radius 2 is 1.69 bits per heavy atom. The van der Waals surface area contributed by atoms with Crippen molar-refractivity contribution in [1.82, 2.24) is 25.2 Å². The third-order valence-corrected chi connectivity index (χ3v) is 18.7. The van der Waals surface area contributed by atoms with E-state index in [9.17, 15) is 10.2 Å². The van der Waals surface area contributed by atoms with E-state index in [1.54, 1.807) is 19.1 Å². The molecule has 0 unspecified atom stereocenters. The van der Waals surface area contributed by atoms with Crippen LogP contribution in [-0.2, 0) is 0 Å². The Hall–Kier alpha value is -3.89. The van der Waals surface area contributed by atoms with Gasteiger partial charge in [0.25, 0.3) is 0 Å². The van der Waals surface area contributed by atoms with Crippen molar-refractivity contribution < 1.29 is 23.7 Å². The summed E-state index contributed by atoms with van der Waals surface area (Å²) in [5.74, 6) is 2.38. The molecule has 1 atom stereocenters. The van der Waals surface area contributed by atoms with Crippen molar-refractivity contribution in [2.75, 3.05) is 57.3 Å². The monoisotopic (exact) mass is 770 g/mol. The Morgan fingerprint density at radius 1 is 0.982 bits per heavy atom. The van der Waals surface area contributed by atoms with Gasteiger partial charge in [0.15, 0.2) is 5.82 Å². The number of piperidine rings is 1. The maximum atomic E-state index is 17.3. The molecular formula is C43H56F2N6O3Si. The number of ether oxygens (including phenoxy) is 1. The zero-order valence-electron chi connectivity index (χ0n) is 33.4. The van der Waals surface area contributed by atoms with Gasteiger partial charge in [0.1, 0.15) is 36.7 Å². The number of fused-ring (bicyclic) bond motifs is 2. The number of anilines is 1. The number of phenols is 1. The van der Waals surface area contributed by atoms with E-state index >= 15 is 8.78 Å². The summed E-state index contributed by atoms with van der Waals surface area (Å²) in [5, 5.41) is 26.7. The second-order valence-electron chi connectivity index (χ2n) is 17.5. The van der Waals surface area contributed by atoms with Crippen molar-refractivity contribution >= 4 is 35.6 Å². The Bertz CT molecular complexity index is 2120. The Balaban J connectivity index is 1.36. The van der Waals surface area contributed by atoms with Gasteiger partial charge < -0.3 is 30.1 Å². The fourth-order valence-electron chi connectivity index (χ4n) is 9.34. The van der Waals surface area contributed by atoms with Crippen LogP contribution in [0.15, 0.2) is 30.5 Å². The highest BCUT2D eigenvalue weighted by molar-refractivity contribution is 6.90. The highest BCUT2D eigenvalue weighted by Crippen LogP contribution is 2.47. The lowest BCUT2D eigenvalue weighted by Crippen LogP contribution is -2.46. The summed E-state index contributed by atoms with van der Waals surface area (Å²) in [6, 6.07) is 5.97. The Morgan fingerprint density at radius 3 is 2.35 bits per heavy atom. The second-order valence-corrected chi connectivity index (χ2v) is 23.1. The van der Waals surface area contributed by atoms with E-state index in [0.717, 1.165) is 52.0 Å². The highest BCUT2D eigenvalue weighted by atomic mass is 28.3. The molecular weight excluding hydrogens is 715 g/mol. The molecule has 0 radical (unpaired) electrons. The first-order valence-corrected chi connectivity index (χ1v) is 22.2. The minimum absolute atomic E-state index is 0.00426. The minimum atomic E-state index is -2.27. The van der Waals surface area contributed by atoms with Crippen LogP contribution in [0.5, 0.6) is 11.8 Å². The Labute approximate surface area is 324 Å². The maximum absolute atomic E-state index is 17.3. The number of halogens is 2. The molecule has 2 saturated heterocycles. The number of benzene rings is 2. The zero-order chi connectivity index (χ0) is 39.3. The van der Waals surface area contributed by atoms with Crippen molar-refractivity contribution in [2.24, 2.45) is 5.41 Å².